The number of carbonyl (C=O) groups excluding carboxylic acids is 1. The molecule has 0 bridgehead atoms. The van der Waals surface area contributed by atoms with Crippen LogP contribution in [0.4, 0.5) is 24.9 Å². The summed E-state index contributed by atoms with van der Waals surface area (Å²) in [5.74, 6) is -0.598. The zero-order chi connectivity index (χ0) is 16.6. The number of anilines is 2. The highest BCUT2D eigenvalue weighted by molar-refractivity contribution is 5.96. The molecule has 1 aromatic heterocycles. The Kier molecular flexibility index (Phi) is 3.58. The molecule has 2 aromatic rings. The van der Waals surface area contributed by atoms with Crippen molar-refractivity contribution in [2.24, 2.45) is 0 Å². The van der Waals surface area contributed by atoms with Gasteiger partial charge in [-0.15, -0.1) is 18.3 Å². The van der Waals surface area contributed by atoms with E-state index in [1.54, 1.807) is 0 Å². The number of rotatable bonds is 3. The molecule has 0 spiro atoms. The number of aromatic nitrogens is 2. The van der Waals surface area contributed by atoms with Gasteiger partial charge in [0.05, 0.1) is 5.92 Å². The highest BCUT2D eigenvalue weighted by atomic mass is 19.4. The third-order valence-electron chi connectivity index (χ3n) is 3.31. The number of nitrogens with two attached hydrogens (primary N) is 1. The number of hydrogen-bond donors (Lipinski definition) is 1. The predicted octanol–water partition coefficient (Wildman–Crippen LogP) is 2.07. The molecule has 1 aliphatic rings. The quantitative estimate of drug-likeness (QED) is 0.927. The molecular formula is C13H11F3N4O3. The smallest absolute Gasteiger partial charge is 0.408 e. The summed E-state index contributed by atoms with van der Waals surface area (Å²) in [6.45, 7) is 0.278. The van der Waals surface area contributed by atoms with Crippen LogP contribution >= 0.6 is 0 Å². The van der Waals surface area contributed by atoms with E-state index < -0.39 is 6.36 Å². The molecule has 1 aliphatic heterocycles. The highest BCUT2D eigenvalue weighted by Gasteiger charge is 2.35. The number of halogens is 3. The number of hydrogen-bond acceptors (Lipinski definition) is 6. The van der Waals surface area contributed by atoms with Gasteiger partial charge in [0.15, 0.2) is 0 Å². The van der Waals surface area contributed by atoms with Crippen molar-refractivity contribution in [1.29, 1.82) is 0 Å². The van der Waals surface area contributed by atoms with Gasteiger partial charge in [0, 0.05) is 18.7 Å². The summed E-state index contributed by atoms with van der Waals surface area (Å²) >= 11 is 0. The summed E-state index contributed by atoms with van der Waals surface area (Å²) in [7, 11) is 0. The Morgan fingerprint density at radius 1 is 1.26 bits per heavy atom. The van der Waals surface area contributed by atoms with Crippen LogP contribution in [0.1, 0.15) is 18.2 Å². The van der Waals surface area contributed by atoms with Gasteiger partial charge >= 0.3 is 12.4 Å². The third-order valence-corrected chi connectivity index (χ3v) is 3.31. The van der Waals surface area contributed by atoms with E-state index in [4.69, 9.17) is 10.2 Å². The zero-order valence-corrected chi connectivity index (χ0v) is 11.6. The minimum Gasteiger partial charge on any atom is -0.408 e. The van der Waals surface area contributed by atoms with Gasteiger partial charge in [0.2, 0.25) is 11.8 Å². The van der Waals surface area contributed by atoms with Gasteiger partial charge in [0.1, 0.15) is 5.75 Å². The van der Waals surface area contributed by atoms with Crippen LogP contribution in [-0.4, -0.2) is 29.0 Å². The Labute approximate surface area is 127 Å². The van der Waals surface area contributed by atoms with Crippen LogP contribution in [0.2, 0.25) is 0 Å². The minimum absolute atomic E-state index is 0.0837. The van der Waals surface area contributed by atoms with Crippen LogP contribution < -0.4 is 15.4 Å². The Hall–Kier alpha value is -2.78. The number of nitrogen functional groups attached to an aromatic ring is 1. The largest absolute Gasteiger partial charge is 0.573 e. The number of ether oxygens (including phenoxy) is 1. The van der Waals surface area contributed by atoms with Gasteiger partial charge in [-0.3, -0.25) is 4.79 Å². The molecule has 1 aromatic carbocycles. The van der Waals surface area contributed by atoms with Crippen molar-refractivity contribution in [2.45, 2.75) is 18.7 Å². The fourth-order valence-electron chi connectivity index (χ4n) is 2.36. The predicted molar refractivity (Wildman–Crippen MR) is 71.5 cm³/mol. The summed E-state index contributed by atoms with van der Waals surface area (Å²) in [6, 6.07) is 4.97. The Morgan fingerprint density at radius 3 is 2.52 bits per heavy atom. The maximum absolute atomic E-state index is 12.1. The first-order chi connectivity index (χ1) is 10.8. The fourth-order valence-corrected chi connectivity index (χ4v) is 2.36. The van der Waals surface area contributed by atoms with E-state index in [2.05, 4.69) is 14.9 Å². The minimum atomic E-state index is -4.76. The normalized spacial score (nSPS) is 18.5. The van der Waals surface area contributed by atoms with Crippen molar-refractivity contribution in [3.63, 3.8) is 0 Å². The molecule has 1 fully saturated rings. The molecule has 1 atom stereocenters. The van der Waals surface area contributed by atoms with Crippen LogP contribution in [0.15, 0.2) is 28.7 Å². The molecule has 1 saturated heterocycles. The van der Waals surface area contributed by atoms with E-state index in [1.165, 1.54) is 17.0 Å². The first-order valence-electron chi connectivity index (χ1n) is 6.57. The summed E-state index contributed by atoms with van der Waals surface area (Å²) in [6.07, 6.45) is -4.60. The van der Waals surface area contributed by atoms with Crippen LogP contribution in [-0.2, 0) is 4.79 Å². The van der Waals surface area contributed by atoms with Crippen molar-refractivity contribution in [3.8, 4) is 5.75 Å². The summed E-state index contributed by atoms with van der Waals surface area (Å²) < 4.78 is 45.3. The molecule has 3 rings (SSSR count). The van der Waals surface area contributed by atoms with E-state index in [9.17, 15) is 18.0 Å². The molecule has 2 heterocycles. The number of alkyl halides is 3. The van der Waals surface area contributed by atoms with E-state index in [0.717, 1.165) is 12.1 Å². The first-order valence-corrected chi connectivity index (χ1v) is 6.57. The molecule has 122 valence electrons. The molecule has 0 radical (unpaired) electrons. The Bertz CT molecular complexity index is 714. The molecule has 0 saturated carbocycles. The van der Waals surface area contributed by atoms with E-state index in [1.807, 2.05) is 0 Å². The van der Waals surface area contributed by atoms with Crippen molar-refractivity contribution in [3.05, 3.63) is 30.2 Å². The van der Waals surface area contributed by atoms with E-state index >= 15 is 0 Å². The van der Waals surface area contributed by atoms with Crippen molar-refractivity contribution in [2.75, 3.05) is 17.2 Å². The van der Waals surface area contributed by atoms with Gasteiger partial charge in [-0.2, -0.15) is 0 Å². The molecule has 7 nitrogen and oxygen atoms in total. The maximum atomic E-state index is 12.1. The van der Waals surface area contributed by atoms with Crippen LogP contribution in [0.25, 0.3) is 0 Å². The second-order valence-corrected chi connectivity index (χ2v) is 4.93. The van der Waals surface area contributed by atoms with Crippen molar-refractivity contribution in [1.82, 2.24) is 10.2 Å². The number of nitrogens with zero attached hydrogens (tertiary/aromatic N) is 3. The lowest BCUT2D eigenvalue weighted by Gasteiger charge is -2.17. The van der Waals surface area contributed by atoms with Crippen LogP contribution in [0, 0.1) is 0 Å². The lowest BCUT2D eigenvalue weighted by atomic mass is 10.1. The molecule has 2 N–H and O–H groups in total. The zero-order valence-electron chi connectivity index (χ0n) is 11.6. The summed E-state index contributed by atoms with van der Waals surface area (Å²) in [5, 5.41) is 7.29. The topological polar surface area (TPSA) is 94.5 Å². The SMILES string of the molecule is Nc1nnc([C@@H]2CC(=O)N(c3ccc(OC(F)(F)F)cc3)C2)o1. The highest BCUT2D eigenvalue weighted by Crippen LogP contribution is 2.32. The number of amides is 1. The van der Waals surface area contributed by atoms with Gasteiger partial charge in [-0.25, -0.2) is 0 Å². The molecule has 1 amide bonds. The molecule has 0 unspecified atom stereocenters. The van der Waals surface area contributed by atoms with Crippen LogP contribution in [0.3, 0.4) is 0 Å². The fraction of sp³-hybridized carbons (Fsp3) is 0.308. The van der Waals surface area contributed by atoms with E-state index in [0.29, 0.717) is 5.69 Å². The van der Waals surface area contributed by atoms with Crippen molar-refractivity contribution < 1.29 is 27.1 Å². The average Bonchev–Trinajstić information content (AvgIpc) is 3.04. The molecule has 0 aliphatic carbocycles. The van der Waals surface area contributed by atoms with Gasteiger partial charge in [-0.1, -0.05) is 5.10 Å². The first kappa shape index (κ1) is 15.1. The monoisotopic (exact) mass is 328 g/mol. The Morgan fingerprint density at radius 2 is 1.96 bits per heavy atom. The second-order valence-electron chi connectivity index (χ2n) is 4.93. The molecule has 23 heavy (non-hydrogen) atoms. The number of carbonyl (C=O) groups is 1. The second kappa shape index (κ2) is 5.45. The maximum Gasteiger partial charge on any atom is 0.573 e. The summed E-state index contributed by atoms with van der Waals surface area (Å²) in [5.41, 5.74) is 5.81. The van der Waals surface area contributed by atoms with Gasteiger partial charge < -0.3 is 19.8 Å². The van der Waals surface area contributed by atoms with Crippen LogP contribution in [0.5, 0.6) is 5.75 Å². The molecular weight excluding hydrogens is 317 g/mol. The lowest BCUT2D eigenvalue weighted by molar-refractivity contribution is -0.274. The van der Waals surface area contributed by atoms with Crippen molar-refractivity contribution >= 4 is 17.6 Å². The lowest BCUT2D eigenvalue weighted by Crippen LogP contribution is -2.24. The summed E-state index contributed by atoms with van der Waals surface area (Å²) in [4.78, 5) is 13.5. The Balaban J connectivity index is 1.73. The molecule has 10 heteroatoms. The van der Waals surface area contributed by atoms with Gasteiger partial charge in [0.25, 0.3) is 0 Å². The third kappa shape index (κ3) is 3.35. The van der Waals surface area contributed by atoms with Gasteiger partial charge in [-0.05, 0) is 24.3 Å². The van der Waals surface area contributed by atoms with E-state index in [-0.39, 0.29) is 42.4 Å². The number of benzene rings is 1. The standard InChI is InChI=1S/C13H11F3N4O3/c14-13(15,16)23-9-3-1-8(2-4-9)20-6-7(5-10(20)21)11-18-19-12(17)22-11/h1-4,7H,5-6H2,(H2,17,19)/t7-/m1/s1. The average molecular weight is 328 g/mol.